The summed E-state index contributed by atoms with van der Waals surface area (Å²) in [5.41, 5.74) is 0.729. The largest absolute Gasteiger partial charge is 0.480 e. The number of nitrogens with zero attached hydrogens (tertiary/aromatic N) is 1. The van der Waals surface area contributed by atoms with Crippen molar-refractivity contribution in [1.29, 1.82) is 0 Å². The lowest BCUT2D eigenvalue weighted by Gasteiger charge is -2.10. The Balaban J connectivity index is 2.69. The molecule has 0 saturated carbocycles. The summed E-state index contributed by atoms with van der Waals surface area (Å²) in [6.07, 6.45) is 1.70. The third kappa shape index (κ3) is 1.77. The van der Waals surface area contributed by atoms with Crippen LogP contribution >= 0.6 is 23.2 Å². The molecule has 0 aliphatic rings. The maximum absolute atomic E-state index is 10.9. The van der Waals surface area contributed by atoms with Crippen molar-refractivity contribution in [2.24, 2.45) is 0 Å². The first-order chi connectivity index (χ1) is 7.50. The molecule has 0 spiro atoms. The van der Waals surface area contributed by atoms with Gasteiger partial charge in [-0.2, -0.15) is 0 Å². The van der Waals surface area contributed by atoms with Crippen LogP contribution < -0.4 is 0 Å². The maximum atomic E-state index is 10.9. The Bertz CT molecular complexity index is 562. The number of halogens is 2. The van der Waals surface area contributed by atoms with Gasteiger partial charge < -0.3 is 9.67 Å². The second kappa shape index (κ2) is 4.00. The quantitative estimate of drug-likeness (QED) is 0.894. The minimum Gasteiger partial charge on any atom is -0.480 e. The Morgan fingerprint density at radius 3 is 2.75 bits per heavy atom. The molecule has 0 aliphatic heterocycles. The van der Waals surface area contributed by atoms with E-state index >= 15 is 0 Å². The number of rotatable bonds is 2. The zero-order valence-electron chi connectivity index (χ0n) is 8.45. The predicted molar refractivity (Wildman–Crippen MR) is 64.3 cm³/mol. The van der Waals surface area contributed by atoms with Crippen LogP contribution in [0, 0.1) is 0 Å². The fourth-order valence-corrected chi connectivity index (χ4v) is 2.19. The fourth-order valence-electron chi connectivity index (χ4n) is 1.64. The molecule has 0 saturated heterocycles. The summed E-state index contributed by atoms with van der Waals surface area (Å²) in [4.78, 5) is 10.9. The molecular formula is C11H9Cl2NO2. The molecule has 0 bridgehead atoms. The average molecular weight is 258 g/mol. The van der Waals surface area contributed by atoms with Crippen molar-refractivity contribution < 1.29 is 9.90 Å². The van der Waals surface area contributed by atoms with E-state index in [0.717, 1.165) is 10.9 Å². The SMILES string of the molecule is C[C@H](C(=O)O)n1ccc2c(Cl)cc(Cl)cc21. The Kier molecular flexibility index (Phi) is 2.82. The Labute approximate surface area is 102 Å². The number of carboxylic acids is 1. The molecule has 3 nitrogen and oxygen atoms in total. The monoisotopic (exact) mass is 257 g/mol. The second-order valence-corrected chi connectivity index (χ2v) is 4.40. The van der Waals surface area contributed by atoms with Crippen molar-refractivity contribution in [2.45, 2.75) is 13.0 Å². The first-order valence-corrected chi connectivity index (χ1v) is 5.44. The molecule has 0 amide bonds. The standard InChI is InChI=1S/C11H9Cl2NO2/c1-6(11(15)16)14-3-2-8-9(13)4-7(12)5-10(8)14/h2-6H,1H3,(H,15,16)/t6-/m1/s1. The molecule has 0 aliphatic carbocycles. The molecule has 1 heterocycles. The van der Waals surface area contributed by atoms with Crippen LogP contribution in [0.15, 0.2) is 24.4 Å². The van der Waals surface area contributed by atoms with Gasteiger partial charge in [-0.3, -0.25) is 0 Å². The van der Waals surface area contributed by atoms with E-state index in [1.807, 2.05) is 0 Å². The van der Waals surface area contributed by atoms with Gasteiger partial charge in [0.05, 0.1) is 10.5 Å². The highest BCUT2D eigenvalue weighted by Crippen LogP contribution is 2.30. The summed E-state index contributed by atoms with van der Waals surface area (Å²) in [5, 5.41) is 10.8. The lowest BCUT2D eigenvalue weighted by molar-refractivity contribution is -0.140. The molecule has 1 aromatic heterocycles. The number of fused-ring (bicyclic) bond motifs is 1. The fraction of sp³-hybridized carbons (Fsp3) is 0.182. The summed E-state index contributed by atoms with van der Waals surface area (Å²) in [5.74, 6) is -0.895. The van der Waals surface area contributed by atoms with E-state index in [1.165, 1.54) is 0 Å². The van der Waals surface area contributed by atoms with Gasteiger partial charge in [-0.25, -0.2) is 4.79 Å². The van der Waals surface area contributed by atoms with Crippen LogP contribution in [0.4, 0.5) is 0 Å². The molecule has 2 aromatic rings. The first kappa shape index (κ1) is 11.3. The molecule has 5 heteroatoms. The van der Waals surface area contributed by atoms with Crippen LogP contribution in [0.25, 0.3) is 10.9 Å². The smallest absolute Gasteiger partial charge is 0.326 e. The second-order valence-electron chi connectivity index (χ2n) is 3.56. The van der Waals surface area contributed by atoms with Gasteiger partial charge in [-0.05, 0) is 25.1 Å². The minimum atomic E-state index is -0.895. The van der Waals surface area contributed by atoms with E-state index in [0.29, 0.717) is 10.0 Å². The summed E-state index contributed by atoms with van der Waals surface area (Å²) in [7, 11) is 0. The Hall–Kier alpha value is -1.19. The highest BCUT2D eigenvalue weighted by atomic mass is 35.5. The van der Waals surface area contributed by atoms with E-state index in [2.05, 4.69) is 0 Å². The van der Waals surface area contributed by atoms with Crippen molar-refractivity contribution in [1.82, 2.24) is 4.57 Å². The topological polar surface area (TPSA) is 42.2 Å². The van der Waals surface area contributed by atoms with Gasteiger partial charge in [0.15, 0.2) is 0 Å². The van der Waals surface area contributed by atoms with Crippen molar-refractivity contribution >= 4 is 40.1 Å². The van der Waals surface area contributed by atoms with Crippen LogP contribution in [0.5, 0.6) is 0 Å². The normalized spacial score (nSPS) is 12.9. The number of carboxylic acid groups (broad SMARTS) is 1. The molecule has 0 radical (unpaired) electrons. The van der Waals surface area contributed by atoms with Crippen molar-refractivity contribution in [2.75, 3.05) is 0 Å². The molecule has 84 valence electrons. The van der Waals surface area contributed by atoms with Crippen LogP contribution in [-0.4, -0.2) is 15.6 Å². The van der Waals surface area contributed by atoms with Gasteiger partial charge in [0.1, 0.15) is 6.04 Å². The van der Waals surface area contributed by atoms with Crippen LogP contribution in [0.2, 0.25) is 10.0 Å². The number of aliphatic carboxylic acids is 1. The Morgan fingerprint density at radius 2 is 2.12 bits per heavy atom. The van der Waals surface area contributed by atoms with Gasteiger partial charge in [0.2, 0.25) is 0 Å². The molecular weight excluding hydrogens is 249 g/mol. The summed E-state index contributed by atoms with van der Waals surface area (Å²) in [6.45, 7) is 1.61. The van der Waals surface area contributed by atoms with E-state index in [-0.39, 0.29) is 0 Å². The van der Waals surface area contributed by atoms with E-state index in [9.17, 15) is 4.79 Å². The average Bonchev–Trinajstić information content (AvgIpc) is 2.60. The van der Waals surface area contributed by atoms with Crippen LogP contribution in [0.1, 0.15) is 13.0 Å². The molecule has 1 N–H and O–H groups in total. The van der Waals surface area contributed by atoms with Gasteiger partial charge in [0, 0.05) is 16.6 Å². The first-order valence-electron chi connectivity index (χ1n) is 4.69. The number of hydrogen-bond acceptors (Lipinski definition) is 1. The van der Waals surface area contributed by atoms with Gasteiger partial charge >= 0.3 is 5.97 Å². The number of benzene rings is 1. The van der Waals surface area contributed by atoms with Crippen molar-refractivity contribution in [3.63, 3.8) is 0 Å². The molecule has 1 aromatic carbocycles. The van der Waals surface area contributed by atoms with Crippen molar-refractivity contribution in [3.8, 4) is 0 Å². The summed E-state index contributed by atoms with van der Waals surface area (Å²) in [6, 6.07) is 4.49. The highest BCUT2D eigenvalue weighted by molar-refractivity contribution is 6.38. The Morgan fingerprint density at radius 1 is 1.44 bits per heavy atom. The highest BCUT2D eigenvalue weighted by Gasteiger charge is 2.16. The molecule has 2 rings (SSSR count). The van der Waals surface area contributed by atoms with Gasteiger partial charge in [-0.15, -0.1) is 0 Å². The number of aromatic nitrogens is 1. The molecule has 16 heavy (non-hydrogen) atoms. The van der Waals surface area contributed by atoms with Crippen LogP contribution in [-0.2, 0) is 4.79 Å². The minimum absolute atomic E-state index is 0.495. The van der Waals surface area contributed by atoms with E-state index in [4.69, 9.17) is 28.3 Å². The van der Waals surface area contributed by atoms with E-state index < -0.39 is 12.0 Å². The lowest BCUT2D eigenvalue weighted by Crippen LogP contribution is -2.14. The van der Waals surface area contributed by atoms with E-state index in [1.54, 1.807) is 35.9 Å². The zero-order chi connectivity index (χ0) is 11.9. The third-order valence-electron chi connectivity index (χ3n) is 2.53. The van der Waals surface area contributed by atoms with Crippen molar-refractivity contribution in [3.05, 3.63) is 34.4 Å². The summed E-state index contributed by atoms with van der Waals surface area (Å²) < 4.78 is 1.63. The van der Waals surface area contributed by atoms with Gasteiger partial charge in [-0.1, -0.05) is 23.2 Å². The molecule has 0 unspecified atom stereocenters. The van der Waals surface area contributed by atoms with Gasteiger partial charge in [0.25, 0.3) is 0 Å². The third-order valence-corrected chi connectivity index (χ3v) is 3.06. The lowest BCUT2D eigenvalue weighted by atomic mass is 10.2. The van der Waals surface area contributed by atoms with Crippen LogP contribution in [0.3, 0.4) is 0 Å². The zero-order valence-corrected chi connectivity index (χ0v) is 9.96. The number of carbonyl (C=O) groups is 1. The number of hydrogen-bond donors (Lipinski definition) is 1. The predicted octanol–water partition coefficient (Wildman–Crippen LogP) is 3.59. The molecule has 0 fully saturated rings. The summed E-state index contributed by atoms with van der Waals surface area (Å²) >= 11 is 11.9. The maximum Gasteiger partial charge on any atom is 0.326 e. The molecule has 1 atom stereocenters.